The van der Waals surface area contributed by atoms with E-state index in [-0.39, 0.29) is 11.8 Å². The first kappa shape index (κ1) is 18.6. The Hall–Kier alpha value is -3.41. The number of nitrogens with zero attached hydrogens (tertiary/aromatic N) is 4. The summed E-state index contributed by atoms with van der Waals surface area (Å²) in [7, 11) is 0. The first-order chi connectivity index (χ1) is 14.7. The number of para-hydroxylation sites is 1. The Balaban J connectivity index is 1.35. The van der Waals surface area contributed by atoms with Crippen LogP contribution >= 0.6 is 0 Å². The first-order valence-electron chi connectivity index (χ1n) is 10.4. The Morgan fingerprint density at radius 1 is 1.20 bits per heavy atom. The number of fused-ring (bicyclic) bond motifs is 1. The van der Waals surface area contributed by atoms with Gasteiger partial charge in [0.25, 0.3) is 5.91 Å². The molecule has 6 nitrogen and oxygen atoms in total. The van der Waals surface area contributed by atoms with Crippen molar-refractivity contribution < 1.29 is 9.21 Å². The molecular weight excluding hydrogens is 376 g/mol. The molecule has 5 rings (SSSR count). The van der Waals surface area contributed by atoms with E-state index in [0.717, 1.165) is 48.3 Å². The van der Waals surface area contributed by atoms with Crippen molar-refractivity contribution in [2.24, 2.45) is 0 Å². The molecule has 1 amide bonds. The zero-order valence-electron chi connectivity index (χ0n) is 17.0. The summed E-state index contributed by atoms with van der Waals surface area (Å²) >= 11 is 0. The van der Waals surface area contributed by atoms with Crippen LogP contribution in [0.5, 0.6) is 0 Å². The summed E-state index contributed by atoms with van der Waals surface area (Å²) in [6.45, 7) is 4.16. The van der Waals surface area contributed by atoms with Crippen molar-refractivity contribution in [3.8, 4) is 0 Å². The molecule has 0 bridgehead atoms. The number of carbonyl (C=O) groups is 1. The molecule has 3 aromatic heterocycles. The van der Waals surface area contributed by atoms with Gasteiger partial charge in [-0.2, -0.15) is 0 Å². The van der Waals surface area contributed by atoms with Crippen molar-refractivity contribution in [2.45, 2.75) is 32.2 Å². The number of amides is 1. The van der Waals surface area contributed by atoms with Gasteiger partial charge in [-0.3, -0.25) is 9.78 Å². The van der Waals surface area contributed by atoms with Crippen LogP contribution in [0.2, 0.25) is 0 Å². The van der Waals surface area contributed by atoms with E-state index in [9.17, 15) is 4.79 Å². The molecule has 0 spiro atoms. The zero-order valence-corrected chi connectivity index (χ0v) is 17.0. The van der Waals surface area contributed by atoms with Crippen molar-refractivity contribution in [1.82, 2.24) is 19.4 Å². The fourth-order valence-electron chi connectivity index (χ4n) is 4.34. The molecule has 1 atom stereocenters. The van der Waals surface area contributed by atoms with Crippen molar-refractivity contribution in [2.75, 3.05) is 13.1 Å². The number of likely N-dealkylation sites (tertiary alicyclic amines) is 1. The smallest absolute Gasteiger partial charge is 0.289 e. The van der Waals surface area contributed by atoms with E-state index in [1.54, 1.807) is 0 Å². The van der Waals surface area contributed by atoms with Crippen LogP contribution in [0.3, 0.4) is 0 Å². The highest BCUT2D eigenvalue weighted by Gasteiger charge is 2.29. The summed E-state index contributed by atoms with van der Waals surface area (Å²) in [4.78, 5) is 23.8. The SMILES string of the molecule is Cc1cccc2cc(C(=O)N3CCC[C@H](c4nccn4Cc4ccncc4)C3)oc12. The summed E-state index contributed by atoms with van der Waals surface area (Å²) in [5.41, 5.74) is 3.02. The third-order valence-electron chi connectivity index (χ3n) is 5.88. The van der Waals surface area contributed by atoms with Gasteiger partial charge in [0.05, 0.1) is 0 Å². The third-order valence-corrected chi connectivity index (χ3v) is 5.88. The largest absolute Gasteiger partial charge is 0.451 e. The molecule has 152 valence electrons. The van der Waals surface area contributed by atoms with Gasteiger partial charge in [0, 0.05) is 55.7 Å². The van der Waals surface area contributed by atoms with E-state index in [0.29, 0.717) is 12.3 Å². The number of aryl methyl sites for hydroxylation is 1. The van der Waals surface area contributed by atoms with Crippen LogP contribution in [0.25, 0.3) is 11.0 Å². The fraction of sp³-hybridized carbons (Fsp3) is 0.292. The molecule has 4 heterocycles. The molecule has 1 aromatic carbocycles. The lowest BCUT2D eigenvalue weighted by atomic mass is 9.96. The summed E-state index contributed by atoms with van der Waals surface area (Å²) in [6, 6.07) is 11.9. The van der Waals surface area contributed by atoms with E-state index >= 15 is 0 Å². The second-order valence-electron chi connectivity index (χ2n) is 7.96. The number of pyridine rings is 1. The zero-order chi connectivity index (χ0) is 20.5. The average molecular weight is 400 g/mol. The first-order valence-corrected chi connectivity index (χ1v) is 10.4. The molecular formula is C24H24N4O2. The molecule has 6 heteroatoms. The quantitative estimate of drug-likeness (QED) is 0.509. The molecule has 30 heavy (non-hydrogen) atoms. The summed E-state index contributed by atoms with van der Waals surface area (Å²) < 4.78 is 8.10. The van der Waals surface area contributed by atoms with E-state index < -0.39 is 0 Å². The maximum Gasteiger partial charge on any atom is 0.289 e. The summed E-state index contributed by atoms with van der Waals surface area (Å²) in [6.07, 6.45) is 9.45. The number of imidazole rings is 1. The predicted octanol–water partition coefficient (Wildman–Crippen LogP) is 4.40. The van der Waals surface area contributed by atoms with Crippen molar-refractivity contribution >= 4 is 16.9 Å². The van der Waals surface area contributed by atoms with Gasteiger partial charge in [0.2, 0.25) is 0 Å². The Bertz CT molecular complexity index is 1180. The third kappa shape index (κ3) is 3.49. The van der Waals surface area contributed by atoms with Crippen LogP contribution in [0.4, 0.5) is 0 Å². The maximum atomic E-state index is 13.2. The van der Waals surface area contributed by atoms with Gasteiger partial charge in [-0.15, -0.1) is 0 Å². The van der Waals surface area contributed by atoms with Crippen molar-refractivity contribution in [3.63, 3.8) is 0 Å². The molecule has 0 aliphatic carbocycles. The molecule has 0 N–H and O–H groups in total. The van der Waals surface area contributed by atoms with E-state index in [1.165, 1.54) is 5.56 Å². The minimum Gasteiger partial charge on any atom is -0.451 e. The molecule has 0 unspecified atom stereocenters. The molecule has 1 fully saturated rings. The number of hydrogen-bond acceptors (Lipinski definition) is 4. The van der Waals surface area contributed by atoms with Gasteiger partial charge < -0.3 is 13.9 Å². The minimum absolute atomic E-state index is 0.0393. The van der Waals surface area contributed by atoms with Crippen LogP contribution in [-0.2, 0) is 6.54 Å². The molecule has 1 saturated heterocycles. The molecule has 0 saturated carbocycles. The standard InChI is InChI=1S/C24H24N4O2/c1-17-4-2-5-19-14-21(30-22(17)19)24(29)28-12-3-6-20(16-28)23-26-11-13-27(23)15-18-7-9-25-10-8-18/h2,4-5,7-11,13-14,20H,3,6,12,15-16H2,1H3/t20-/m0/s1. The van der Waals surface area contributed by atoms with E-state index in [4.69, 9.17) is 4.42 Å². The van der Waals surface area contributed by atoms with Gasteiger partial charge in [0.15, 0.2) is 5.76 Å². The number of hydrogen-bond donors (Lipinski definition) is 0. The second-order valence-corrected chi connectivity index (χ2v) is 7.96. The number of carbonyl (C=O) groups excluding carboxylic acids is 1. The highest BCUT2D eigenvalue weighted by atomic mass is 16.3. The van der Waals surface area contributed by atoms with Crippen molar-refractivity contribution in [1.29, 1.82) is 0 Å². The highest BCUT2D eigenvalue weighted by molar-refractivity contribution is 5.96. The van der Waals surface area contributed by atoms with E-state index in [2.05, 4.69) is 14.5 Å². The number of benzene rings is 1. The summed E-state index contributed by atoms with van der Waals surface area (Å²) in [5, 5.41) is 0.972. The van der Waals surface area contributed by atoms with Gasteiger partial charge >= 0.3 is 0 Å². The topological polar surface area (TPSA) is 64.2 Å². The van der Waals surface area contributed by atoms with Crippen LogP contribution < -0.4 is 0 Å². The van der Waals surface area contributed by atoms with Gasteiger partial charge in [-0.25, -0.2) is 4.98 Å². The maximum absolute atomic E-state index is 13.2. The molecule has 1 aliphatic rings. The number of furan rings is 1. The minimum atomic E-state index is -0.0393. The Kier molecular flexibility index (Phi) is 4.83. The lowest BCUT2D eigenvalue weighted by molar-refractivity contribution is 0.0673. The fourth-order valence-corrected chi connectivity index (χ4v) is 4.34. The van der Waals surface area contributed by atoms with E-state index in [1.807, 2.05) is 73.0 Å². The molecule has 1 aliphatic heterocycles. The number of piperidine rings is 1. The van der Waals surface area contributed by atoms with Crippen LogP contribution in [0, 0.1) is 6.92 Å². The summed E-state index contributed by atoms with van der Waals surface area (Å²) in [5.74, 6) is 1.62. The Morgan fingerprint density at radius 3 is 2.90 bits per heavy atom. The number of aromatic nitrogens is 3. The van der Waals surface area contributed by atoms with Gasteiger partial charge in [-0.1, -0.05) is 18.2 Å². The normalized spacial score (nSPS) is 16.8. The van der Waals surface area contributed by atoms with Crippen LogP contribution in [0.1, 0.15) is 46.3 Å². The second kappa shape index (κ2) is 7.78. The Morgan fingerprint density at radius 2 is 2.07 bits per heavy atom. The predicted molar refractivity (Wildman–Crippen MR) is 114 cm³/mol. The lowest BCUT2D eigenvalue weighted by Crippen LogP contribution is -2.39. The monoisotopic (exact) mass is 400 g/mol. The average Bonchev–Trinajstić information content (AvgIpc) is 3.42. The number of rotatable bonds is 4. The van der Waals surface area contributed by atoms with Gasteiger partial charge in [0.1, 0.15) is 11.4 Å². The highest BCUT2D eigenvalue weighted by Crippen LogP contribution is 2.29. The van der Waals surface area contributed by atoms with Crippen LogP contribution in [0.15, 0.2) is 65.6 Å². The van der Waals surface area contributed by atoms with Crippen molar-refractivity contribution in [3.05, 3.63) is 83.9 Å². The molecule has 0 radical (unpaired) electrons. The lowest BCUT2D eigenvalue weighted by Gasteiger charge is -2.32. The van der Waals surface area contributed by atoms with Crippen LogP contribution in [-0.4, -0.2) is 38.4 Å². The Labute approximate surface area is 175 Å². The molecule has 4 aromatic rings. The van der Waals surface area contributed by atoms with Gasteiger partial charge in [-0.05, 0) is 49.1 Å².